The van der Waals surface area contributed by atoms with Gasteiger partial charge in [0, 0.05) is 22.8 Å². The molecule has 0 saturated carbocycles. The van der Waals surface area contributed by atoms with Gasteiger partial charge in [-0.25, -0.2) is 8.42 Å². The molecule has 0 bridgehead atoms. The van der Waals surface area contributed by atoms with Crippen LogP contribution in [0.2, 0.25) is 0 Å². The van der Waals surface area contributed by atoms with Gasteiger partial charge in [0.1, 0.15) is 10.6 Å². The first kappa shape index (κ1) is 16.7. The largest absolute Gasteiger partial charge is 0.489 e. The Morgan fingerprint density at radius 3 is 2.30 bits per heavy atom. The summed E-state index contributed by atoms with van der Waals surface area (Å²) in [6, 6.07) is 2.19. The molecule has 0 aliphatic heterocycles. The number of benzene rings is 1. The molecule has 0 aromatic heterocycles. The van der Waals surface area contributed by atoms with E-state index >= 15 is 0 Å². The summed E-state index contributed by atoms with van der Waals surface area (Å²) in [6.07, 6.45) is 1.20. The molecule has 0 aliphatic rings. The lowest BCUT2D eigenvalue weighted by Gasteiger charge is -2.19. The first-order chi connectivity index (χ1) is 9.20. The molecule has 1 aromatic carbocycles. The van der Waals surface area contributed by atoms with Crippen LogP contribution in [0, 0.1) is 17.0 Å². The van der Waals surface area contributed by atoms with Crippen molar-refractivity contribution in [3.05, 3.63) is 27.8 Å². The van der Waals surface area contributed by atoms with E-state index in [0.29, 0.717) is 18.4 Å². The lowest BCUT2D eigenvalue weighted by Crippen LogP contribution is -2.16. The SMILES string of the molecule is CCC(CC)Oc1c(C)cc([N+](=O)[O-])cc1S(=O)(=O)Cl. The van der Waals surface area contributed by atoms with Crippen molar-refractivity contribution in [3.8, 4) is 5.75 Å². The van der Waals surface area contributed by atoms with Gasteiger partial charge in [-0.05, 0) is 25.3 Å². The summed E-state index contributed by atoms with van der Waals surface area (Å²) >= 11 is 0. The monoisotopic (exact) mass is 321 g/mol. The number of rotatable bonds is 6. The average Bonchev–Trinajstić information content (AvgIpc) is 2.35. The maximum absolute atomic E-state index is 11.6. The fourth-order valence-electron chi connectivity index (χ4n) is 1.78. The molecular weight excluding hydrogens is 306 g/mol. The molecule has 1 rings (SSSR count). The zero-order valence-corrected chi connectivity index (χ0v) is 13.0. The standard InChI is InChI=1S/C12H16ClNO5S/c1-4-10(5-2)19-12-8(3)6-9(14(15)16)7-11(12)20(13,17)18/h6-7,10H,4-5H2,1-3H3. The molecule has 0 atom stereocenters. The van der Waals surface area contributed by atoms with Crippen molar-refractivity contribution in [2.24, 2.45) is 0 Å². The highest BCUT2D eigenvalue weighted by atomic mass is 35.7. The van der Waals surface area contributed by atoms with Crippen LogP contribution in [0.15, 0.2) is 17.0 Å². The molecule has 0 aliphatic carbocycles. The Bertz CT molecular complexity index is 611. The first-order valence-corrected chi connectivity index (χ1v) is 8.42. The Kier molecular flexibility index (Phi) is 5.35. The van der Waals surface area contributed by atoms with E-state index in [4.69, 9.17) is 15.4 Å². The fraction of sp³-hybridized carbons (Fsp3) is 0.500. The van der Waals surface area contributed by atoms with E-state index in [1.54, 1.807) is 6.92 Å². The van der Waals surface area contributed by atoms with Gasteiger partial charge in [0.05, 0.1) is 11.0 Å². The van der Waals surface area contributed by atoms with Crippen molar-refractivity contribution >= 4 is 25.4 Å². The Balaban J connectivity index is 3.46. The highest BCUT2D eigenvalue weighted by Gasteiger charge is 2.25. The molecule has 0 heterocycles. The van der Waals surface area contributed by atoms with Crippen molar-refractivity contribution in [1.82, 2.24) is 0 Å². The molecule has 0 radical (unpaired) electrons. The number of hydrogen-bond donors (Lipinski definition) is 0. The van der Waals surface area contributed by atoms with Crippen LogP contribution in [0.25, 0.3) is 0 Å². The van der Waals surface area contributed by atoms with Gasteiger partial charge in [-0.2, -0.15) is 0 Å². The zero-order chi connectivity index (χ0) is 15.5. The quantitative estimate of drug-likeness (QED) is 0.455. The predicted molar refractivity (Wildman–Crippen MR) is 75.9 cm³/mol. The molecule has 8 heteroatoms. The summed E-state index contributed by atoms with van der Waals surface area (Å²) in [5.41, 5.74) is 0.0314. The summed E-state index contributed by atoms with van der Waals surface area (Å²) in [5, 5.41) is 10.8. The normalized spacial score (nSPS) is 11.7. The third kappa shape index (κ3) is 3.83. The van der Waals surface area contributed by atoms with Crippen LogP contribution in [0.3, 0.4) is 0 Å². The maximum Gasteiger partial charge on any atom is 0.271 e. The van der Waals surface area contributed by atoms with Gasteiger partial charge in [-0.3, -0.25) is 10.1 Å². The van der Waals surface area contributed by atoms with Gasteiger partial charge in [0.25, 0.3) is 14.7 Å². The Morgan fingerprint density at radius 2 is 1.90 bits per heavy atom. The van der Waals surface area contributed by atoms with Gasteiger partial charge < -0.3 is 4.74 Å². The molecule has 0 amide bonds. The number of halogens is 1. The van der Waals surface area contributed by atoms with E-state index in [0.717, 1.165) is 6.07 Å². The van der Waals surface area contributed by atoms with E-state index < -0.39 is 14.0 Å². The molecular formula is C12H16ClNO5S. The summed E-state index contributed by atoms with van der Waals surface area (Å²) in [6.45, 7) is 5.36. The minimum Gasteiger partial charge on any atom is -0.489 e. The van der Waals surface area contributed by atoms with Crippen LogP contribution in [0.4, 0.5) is 5.69 Å². The Labute approximate surface area is 122 Å². The maximum atomic E-state index is 11.6. The minimum absolute atomic E-state index is 0.0827. The summed E-state index contributed by atoms with van der Waals surface area (Å²) in [7, 11) is 1.22. The topological polar surface area (TPSA) is 86.5 Å². The van der Waals surface area contributed by atoms with Crippen LogP contribution >= 0.6 is 10.7 Å². The molecule has 20 heavy (non-hydrogen) atoms. The minimum atomic E-state index is -4.13. The fourth-order valence-corrected chi connectivity index (χ4v) is 2.82. The van der Waals surface area contributed by atoms with Crippen LogP contribution in [-0.2, 0) is 9.05 Å². The first-order valence-electron chi connectivity index (χ1n) is 6.11. The smallest absolute Gasteiger partial charge is 0.271 e. The molecule has 0 unspecified atom stereocenters. The molecule has 0 N–H and O–H groups in total. The summed E-state index contributed by atoms with van der Waals surface area (Å²) < 4.78 is 28.9. The average molecular weight is 322 g/mol. The van der Waals surface area contributed by atoms with Crippen molar-refractivity contribution < 1.29 is 18.1 Å². The van der Waals surface area contributed by atoms with Gasteiger partial charge in [-0.1, -0.05) is 13.8 Å². The van der Waals surface area contributed by atoms with E-state index in [9.17, 15) is 18.5 Å². The van der Waals surface area contributed by atoms with Crippen LogP contribution < -0.4 is 4.74 Å². The molecule has 0 saturated heterocycles. The van der Waals surface area contributed by atoms with Gasteiger partial charge >= 0.3 is 0 Å². The van der Waals surface area contributed by atoms with Gasteiger partial charge in [-0.15, -0.1) is 0 Å². The van der Waals surface area contributed by atoms with E-state index in [2.05, 4.69) is 0 Å². The second kappa shape index (κ2) is 6.41. The Hall–Kier alpha value is -1.34. The number of nitro benzene ring substituents is 1. The lowest BCUT2D eigenvalue weighted by atomic mass is 10.1. The van der Waals surface area contributed by atoms with E-state index in [1.807, 2.05) is 13.8 Å². The lowest BCUT2D eigenvalue weighted by molar-refractivity contribution is -0.385. The van der Waals surface area contributed by atoms with Crippen molar-refractivity contribution in [2.45, 2.75) is 44.6 Å². The van der Waals surface area contributed by atoms with Gasteiger partial charge in [0.2, 0.25) is 0 Å². The summed E-state index contributed by atoms with van der Waals surface area (Å²) in [5.74, 6) is 0.0827. The van der Waals surface area contributed by atoms with Crippen LogP contribution in [0.1, 0.15) is 32.3 Å². The third-order valence-electron chi connectivity index (χ3n) is 2.89. The van der Waals surface area contributed by atoms with E-state index in [1.165, 1.54) is 6.07 Å². The van der Waals surface area contributed by atoms with Crippen LogP contribution in [-0.4, -0.2) is 19.4 Å². The highest BCUT2D eigenvalue weighted by molar-refractivity contribution is 8.13. The van der Waals surface area contributed by atoms with Gasteiger partial charge in [0.15, 0.2) is 0 Å². The molecule has 0 spiro atoms. The van der Waals surface area contributed by atoms with Crippen molar-refractivity contribution in [1.29, 1.82) is 0 Å². The molecule has 6 nitrogen and oxygen atoms in total. The number of nitro groups is 1. The molecule has 112 valence electrons. The zero-order valence-electron chi connectivity index (χ0n) is 11.4. The van der Waals surface area contributed by atoms with Crippen LogP contribution in [0.5, 0.6) is 5.75 Å². The highest BCUT2D eigenvalue weighted by Crippen LogP contribution is 2.35. The summed E-state index contributed by atoms with van der Waals surface area (Å²) in [4.78, 5) is 9.77. The second-order valence-electron chi connectivity index (χ2n) is 4.34. The number of ether oxygens (including phenoxy) is 1. The van der Waals surface area contributed by atoms with Crippen molar-refractivity contribution in [2.75, 3.05) is 0 Å². The number of nitrogens with zero attached hydrogens (tertiary/aromatic N) is 1. The molecule has 1 aromatic rings. The van der Waals surface area contributed by atoms with Crippen molar-refractivity contribution in [3.63, 3.8) is 0 Å². The predicted octanol–water partition coefficient (Wildman–Crippen LogP) is 3.40. The Morgan fingerprint density at radius 1 is 1.35 bits per heavy atom. The van der Waals surface area contributed by atoms with E-state index in [-0.39, 0.29) is 22.4 Å². The number of hydrogen-bond acceptors (Lipinski definition) is 5. The molecule has 0 fully saturated rings. The second-order valence-corrected chi connectivity index (χ2v) is 6.88. The third-order valence-corrected chi connectivity index (χ3v) is 4.22. The number of aryl methyl sites for hydroxylation is 1. The number of non-ortho nitro benzene ring substituents is 1.